The fourth-order valence-corrected chi connectivity index (χ4v) is 5.92. The molecule has 1 heterocycles. The monoisotopic (exact) mass is 589 g/mol. The van der Waals surface area contributed by atoms with E-state index >= 15 is 0 Å². The van der Waals surface area contributed by atoms with E-state index in [2.05, 4.69) is 88.1 Å². The molecular weight excluding hydrogens is 561 g/mol. The van der Waals surface area contributed by atoms with Crippen LogP contribution in [-0.4, -0.2) is 25.1 Å². The van der Waals surface area contributed by atoms with Gasteiger partial charge in [0.05, 0.1) is 6.04 Å². The molecule has 0 aliphatic heterocycles. The zero-order chi connectivity index (χ0) is 28.7. The van der Waals surface area contributed by atoms with Crippen molar-refractivity contribution in [2.24, 2.45) is 0 Å². The lowest BCUT2D eigenvalue weighted by Gasteiger charge is -2.33. The summed E-state index contributed by atoms with van der Waals surface area (Å²) in [4.78, 5) is 2.37. The van der Waals surface area contributed by atoms with Gasteiger partial charge in [-0.3, -0.25) is 4.90 Å². The molecule has 7 heteroatoms. The van der Waals surface area contributed by atoms with Crippen LogP contribution < -0.4 is 0 Å². The Morgan fingerprint density at radius 3 is 1.62 bits per heavy atom. The van der Waals surface area contributed by atoms with Crippen molar-refractivity contribution in [2.75, 3.05) is 0 Å². The number of halogens is 2. The second-order valence-electron chi connectivity index (χ2n) is 10.2. The number of hydrogen-bond donors (Lipinski definition) is 0. The average molecular weight is 591 g/mol. The summed E-state index contributed by atoms with van der Waals surface area (Å²) in [7, 11) is 0. The Balaban J connectivity index is 1.55. The molecular formula is C35H29Cl2N5. The molecule has 1 aromatic heterocycles. The Hall–Kier alpha value is -4.29. The van der Waals surface area contributed by atoms with Gasteiger partial charge in [-0.1, -0.05) is 151 Å². The van der Waals surface area contributed by atoms with Crippen molar-refractivity contribution in [3.8, 4) is 0 Å². The first-order chi connectivity index (χ1) is 20.7. The van der Waals surface area contributed by atoms with E-state index in [0.717, 1.165) is 16.7 Å². The Bertz CT molecular complexity index is 1630. The topological polar surface area (TPSA) is 46.8 Å². The fourth-order valence-electron chi connectivity index (χ4n) is 5.41. The molecule has 0 unspecified atom stereocenters. The lowest BCUT2D eigenvalue weighted by atomic mass is 9.97. The van der Waals surface area contributed by atoms with Crippen molar-refractivity contribution in [2.45, 2.75) is 25.2 Å². The van der Waals surface area contributed by atoms with Crippen molar-refractivity contribution >= 4 is 23.2 Å². The maximum atomic E-state index is 6.97. The van der Waals surface area contributed by atoms with Crippen molar-refractivity contribution in [3.05, 3.63) is 183 Å². The standard InChI is InChI=1S/C35H29Cl2N5/c36-30-21-22-31(32(37)23-30)34(41(24-26-13-5-1-6-14-26)25-27-15-7-2-8-16-27)35-38-39-40-42(35)33(28-17-9-3-10-18-28)29-19-11-4-12-20-29/h1-23,33-34H,24-25H2/t34-/m1/s1. The first-order valence-corrected chi connectivity index (χ1v) is 14.6. The minimum Gasteiger partial charge on any atom is -0.281 e. The zero-order valence-electron chi connectivity index (χ0n) is 22.8. The second kappa shape index (κ2) is 13.1. The molecule has 5 aromatic carbocycles. The van der Waals surface area contributed by atoms with Crippen LogP contribution in [-0.2, 0) is 13.1 Å². The normalized spacial score (nSPS) is 12.1. The van der Waals surface area contributed by atoms with Gasteiger partial charge >= 0.3 is 0 Å². The third-order valence-electron chi connectivity index (χ3n) is 7.32. The molecule has 0 aliphatic rings. The quantitative estimate of drug-likeness (QED) is 0.161. The molecule has 0 aliphatic carbocycles. The van der Waals surface area contributed by atoms with Crippen LogP contribution in [0.4, 0.5) is 0 Å². The van der Waals surface area contributed by atoms with E-state index in [1.54, 1.807) is 6.07 Å². The predicted molar refractivity (Wildman–Crippen MR) is 168 cm³/mol. The number of rotatable bonds is 10. The molecule has 6 rings (SSSR count). The number of aromatic nitrogens is 4. The average Bonchev–Trinajstić information content (AvgIpc) is 3.49. The summed E-state index contributed by atoms with van der Waals surface area (Å²) in [5, 5.41) is 14.7. The lowest BCUT2D eigenvalue weighted by molar-refractivity contribution is 0.194. The molecule has 0 saturated carbocycles. The summed E-state index contributed by atoms with van der Waals surface area (Å²) < 4.78 is 1.93. The maximum absolute atomic E-state index is 6.97. The molecule has 5 nitrogen and oxygen atoms in total. The van der Waals surface area contributed by atoms with Gasteiger partial charge in [0.2, 0.25) is 0 Å². The number of hydrogen-bond acceptors (Lipinski definition) is 4. The fraction of sp³-hybridized carbons (Fsp3) is 0.114. The highest BCUT2D eigenvalue weighted by molar-refractivity contribution is 6.35. The number of nitrogens with zero attached hydrogens (tertiary/aromatic N) is 5. The smallest absolute Gasteiger partial charge is 0.174 e. The van der Waals surface area contributed by atoms with Crippen molar-refractivity contribution in [3.63, 3.8) is 0 Å². The summed E-state index contributed by atoms with van der Waals surface area (Å²) >= 11 is 13.4. The van der Waals surface area contributed by atoms with Crippen LogP contribution in [0.1, 0.15) is 45.7 Å². The van der Waals surface area contributed by atoms with Crippen molar-refractivity contribution in [1.29, 1.82) is 0 Å². The second-order valence-corrected chi connectivity index (χ2v) is 11.0. The Labute approximate surface area is 256 Å². The first kappa shape index (κ1) is 27.9. The summed E-state index contributed by atoms with van der Waals surface area (Å²) in [6.07, 6.45) is 0. The molecule has 0 fully saturated rings. The number of tetrazole rings is 1. The molecule has 42 heavy (non-hydrogen) atoms. The molecule has 6 aromatic rings. The van der Waals surface area contributed by atoms with Gasteiger partial charge in [0.15, 0.2) is 5.82 Å². The summed E-state index contributed by atoms with van der Waals surface area (Å²) in [6, 6.07) is 46.5. The largest absolute Gasteiger partial charge is 0.281 e. The van der Waals surface area contributed by atoms with Crippen LogP contribution in [0.15, 0.2) is 140 Å². The number of benzene rings is 5. The van der Waals surface area contributed by atoms with Gasteiger partial charge < -0.3 is 0 Å². The van der Waals surface area contributed by atoms with Gasteiger partial charge in [-0.15, -0.1) is 5.10 Å². The van der Waals surface area contributed by atoms with Gasteiger partial charge in [0.1, 0.15) is 6.04 Å². The summed E-state index contributed by atoms with van der Waals surface area (Å²) in [5.74, 6) is 0.684. The van der Waals surface area contributed by atoms with Crippen LogP contribution in [0.25, 0.3) is 0 Å². The van der Waals surface area contributed by atoms with E-state index in [4.69, 9.17) is 28.3 Å². The summed E-state index contributed by atoms with van der Waals surface area (Å²) in [6.45, 7) is 1.29. The third-order valence-corrected chi connectivity index (χ3v) is 7.88. The molecule has 0 radical (unpaired) electrons. The molecule has 0 saturated heterocycles. The minimum absolute atomic E-state index is 0.249. The van der Waals surface area contributed by atoms with Gasteiger partial charge in [0.25, 0.3) is 0 Å². The first-order valence-electron chi connectivity index (χ1n) is 13.8. The Morgan fingerprint density at radius 2 is 1.12 bits per heavy atom. The molecule has 208 valence electrons. The predicted octanol–water partition coefficient (Wildman–Crippen LogP) is 8.41. The lowest BCUT2D eigenvalue weighted by Crippen LogP contribution is -2.32. The molecule has 1 atom stereocenters. The van der Waals surface area contributed by atoms with E-state index in [1.165, 1.54) is 11.1 Å². The zero-order valence-corrected chi connectivity index (χ0v) is 24.4. The van der Waals surface area contributed by atoms with E-state index < -0.39 is 0 Å². The van der Waals surface area contributed by atoms with Gasteiger partial charge in [-0.05, 0) is 50.4 Å². The van der Waals surface area contributed by atoms with Crippen molar-refractivity contribution < 1.29 is 0 Å². The van der Waals surface area contributed by atoms with E-state index in [9.17, 15) is 0 Å². The van der Waals surface area contributed by atoms with Crippen LogP contribution in [0.3, 0.4) is 0 Å². The van der Waals surface area contributed by atoms with Crippen LogP contribution in [0.2, 0.25) is 10.0 Å². The van der Waals surface area contributed by atoms with Gasteiger partial charge in [-0.25, -0.2) is 4.68 Å². The Kier molecular flexibility index (Phi) is 8.71. The SMILES string of the molecule is Clc1ccc([C@H](c2nnnn2C(c2ccccc2)c2ccccc2)N(Cc2ccccc2)Cc2ccccc2)c(Cl)c1. The molecule has 0 bridgehead atoms. The molecule has 0 N–H and O–H groups in total. The minimum atomic E-state index is -0.389. The van der Waals surface area contributed by atoms with Gasteiger partial charge in [0, 0.05) is 23.1 Å². The van der Waals surface area contributed by atoms with Crippen LogP contribution >= 0.6 is 23.2 Å². The van der Waals surface area contributed by atoms with E-state index in [-0.39, 0.29) is 12.1 Å². The van der Waals surface area contributed by atoms with Crippen LogP contribution in [0.5, 0.6) is 0 Å². The highest BCUT2D eigenvalue weighted by atomic mass is 35.5. The highest BCUT2D eigenvalue weighted by Gasteiger charge is 2.33. The molecule has 0 spiro atoms. The Morgan fingerprint density at radius 1 is 0.619 bits per heavy atom. The van der Waals surface area contributed by atoms with Crippen LogP contribution in [0, 0.1) is 0 Å². The maximum Gasteiger partial charge on any atom is 0.174 e. The van der Waals surface area contributed by atoms with Crippen molar-refractivity contribution in [1.82, 2.24) is 25.1 Å². The summed E-state index contributed by atoms with van der Waals surface area (Å²) in [5.41, 5.74) is 5.38. The van der Waals surface area contributed by atoms with Gasteiger partial charge in [-0.2, -0.15) is 0 Å². The van der Waals surface area contributed by atoms with E-state index in [1.807, 2.05) is 65.3 Å². The molecule has 0 amide bonds. The van der Waals surface area contributed by atoms with E-state index in [0.29, 0.717) is 29.0 Å². The highest BCUT2D eigenvalue weighted by Crippen LogP contribution is 2.38. The third kappa shape index (κ3) is 6.29.